The van der Waals surface area contributed by atoms with Crippen LogP contribution in [-0.2, 0) is 10.0 Å². The van der Waals surface area contributed by atoms with E-state index in [9.17, 15) is 12.8 Å². The van der Waals surface area contributed by atoms with Crippen molar-refractivity contribution in [3.05, 3.63) is 29.6 Å². The fourth-order valence-corrected chi connectivity index (χ4v) is 3.43. The van der Waals surface area contributed by atoms with Crippen molar-refractivity contribution in [1.82, 2.24) is 4.72 Å². The molecule has 0 aliphatic heterocycles. The van der Waals surface area contributed by atoms with Crippen molar-refractivity contribution in [2.45, 2.75) is 30.6 Å². The van der Waals surface area contributed by atoms with Gasteiger partial charge in [-0.25, -0.2) is 17.5 Å². The molecular weight excluding hydrogens is 295 g/mol. The number of sulfonamides is 1. The van der Waals surface area contributed by atoms with Crippen molar-refractivity contribution in [2.75, 3.05) is 19.4 Å². The number of halogens is 1. The van der Waals surface area contributed by atoms with E-state index in [1.807, 2.05) is 0 Å². The fourth-order valence-electron chi connectivity index (χ4n) is 2.35. The molecule has 1 aromatic carbocycles. The van der Waals surface area contributed by atoms with E-state index in [4.69, 9.17) is 10.5 Å². The summed E-state index contributed by atoms with van der Waals surface area (Å²) < 4.78 is 45.2. The van der Waals surface area contributed by atoms with Gasteiger partial charge >= 0.3 is 0 Å². The van der Waals surface area contributed by atoms with E-state index in [1.165, 1.54) is 18.7 Å². The summed E-state index contributed by atoms with van der Waals surface area (Å²) in [5.74, 6) is -0.943. The first kappa shape index (κ1) is 15.8. The molecule has 0 unspecified atom stereocenters. The third-order valence-corrected chi connectivity index (χ3v) is 4.87. The van der Waals surface area contributed by atoms with E-state index in [2.05, 4.69) is 10.8 Å². The summed E-state index contributed by atoms with van der Waals surface area (Å²) in [5.41, 5.74) is 6.81. The second kappa shape index (κ2) is 6.44. The number of nitrogens with one attached hydrogen (secondary N) is 1. The molecule has 0 radical (unpaired) electrons. The Morgan fingerprint density at radius 1 is 1.43 bits per heavy atom. The van der Waals surface area contributed by atoms with E-state index in [1.54, 1.807) is 0 Å². The van der Waals surface area contributed by atoms with Crippen LogP contribution in [0.1, 0.15) is 25.7 Å². The molecule has 5 nitrogen and oxygen atoms in total. The van der Waals surface area contributed by atoms with Crippen LogP contribution in [0.25, 0.3) is 0 Å². The lowest BCUT2D eigenvalue weighted by atomic mass is 10.2. The SMILES string of the molecule is COc1c(N)cc(S(=O)(=O)NCCC2=CCCC2)cc1F. The standard InChI is InChI=1S/C14H19FN2O3S/c1-20-14-12(15)8-11(9-13(14)16)21(18,19)17-7-6-10-4-2-3-5-10/h4,8-9,17H,2-3,5-7,16H2,1H3. The maximum atomic E-state index is 13.7. The van der Waals surface area contributed by atoms with Gasteiger partial charge in [-0.05, 0) is 37.8 Å². The van der Waals surface area contributed by atoms with Crippen LogP contribution in [0.2, 0.25) is 0 Å². The van der Waals surface area contributed by atoms with Crippen LogP contribution in [0, 0.1) is 5.82 Å². The Balaban J connectivity index is 2.08. The fraction of sp³-hybridized carbons (Fsp3) is 0.429. The molecule has 0 bridgehead atoms. The Labute approximate surface area is 124 Å². The highest BCUT2D eigenvalue weighted by molar-refractivity contribution is 7.89. The number of benzene rings is 1. The lowest BCUT2D eigenvalue weighted by Crippen LogP contribution is -2.25. The van der Waals surface area contributed by atoms with E-state index >= 15 is 0 Å². The van der Waals surface area contributed by atoms with Crippen LogP contribution in [-0.4, -0.2) is 22.1 Å². The highest BCUT2D eigenvalue weighted by Crippen LogP contribution is 2.28. The molecule has 0 saturated heterocycles. The van der Waals surface area contributed by atoms with Gasteiger partial charge in [0.25, 0.3) is 0 Å². The van der Waals surface area contributed by atoms with Crippen LogP contribution in [0.5, 0.6) is 5.75 Å². The Bertz CT molecular complexity index is 633. The van der Waals surface area contributed by atoms with Crippen LogP contribution >= 0.6 is 0 Å². The first-order chi connectivity index (χ1) is 9.94. The third-order valence-electron chi connectivity index (χ3n) is 3.43. The topological polar surface area (TPSA) is 81.4 Å². The van der Waals surface area contributed by atoms with Gasteiger partial charge in [-0.2, -0.15) is 0 Å². The first-order valence-electron chi connectivity index (χ1n) is 6.74. The number of nitrogen functional groups attached to an aromatic ring is 1. The summed E-state index contributed by atoms with van der Waals surface area (Å²) in [5, 5.41) is 0. The second-order valence-electron chi connectivity index (χ2n) is 4.93. The molecule has 1 aliphatic carbocycles. The molecule has 0 heterocycles. The maximum absolute atomic E-state index is 13.7. The van der Waals surface area contributed by atoms with Crippen molar-refractivity contribution in [3.8, 4) is 5.75 Å². The molecule has 1 aromatic rings. The lowest BCUT2D eigenvalue weighted by molar-refractivity contribution is 0.388. The molecule has 0 fully saturated rings. The maximum Gasteiger partial charge on any atom is 0.240 e. The monoisotopic (exact) mass is 314 g/mol. The van der Waals surface area contributed by atoms with Gasteiger partial charge < -0.3 is 10.5 Å². The Hall–Kier alpha value is -1.60. The van der Waals surface area contributed by atoms with Gasteiger partial charge in [0.05, 0.1) is 17.7 Å². The van der Waals surface area contributed by atoms with Crippen molar-refractivity contribution in [3.63, 3.8) is 0 Å². The molecule has 0 spiro atoms. The average molecular weight is 314 g/mol. The predicted octanol–water partition coefficient (Wildman–Crippen LogP) is 2.20. The summed E-state index contributed by atoms with van der Waals surface area (Å²) in [7, 11) is -2.50. The smallest absolute Gasteiger partial charge is 0.240 e. The number of hydrogen-bond donors (Lipinski definition) is 2. The molecule has 21 heavy (non-hydrogen) atoms. The lowest BCUT2D eigenvalue weighted by Gasteiger charge is -2.11. The summed E-state index contributed by atoms with van der Waals surface area (Å²) in [6.45, 7) is 0.293. The van der Waals surface area contributed by atoms with Crippen LogP contribution in [0.4, 0.5) is 10.1 Å². The zero-order valence-electron chi connectivity index (χ0n) is 11.9. The van der Waals surface area contributed by atoms with Crippen molar-refractivity contribution in [2.24, 2.45) is 0 Å². The molecule has 0 atom stereocenters. The van der Waals surface area contributed by atoms with E-state index in [0.717, 1.165) is 25.3 Å². The average Bonchev–Trinajstić information content (AvgIpc) is 2.91. The number of ether oxygens (including phenoxy) is 1. The molecule has 0 amide bonds. The van der Waals surface area contributed by atoms with Gasteiger partial charge in [-0.1, -0.05) is 11.6 Å². The summed E-state index contributed by atoms with van der Waals surface area (Å²) in [4.78, 5) is -0.196. The van der Waals surface area contributed by atoms with Crippen LogP contribution in [0.3, 0.4) is 0 Å². The van der Waals surface area contributed by atoms with Gasteiger partial charge in [0.1, 0.15) is 0 Å². The number of anilines is 1. The second-order valence-corrected chi connectivity index (χ2v) is 6.70. The molecule has 2 rings (SSSR count). The van der Waals surface area contributed by atoms with Gasteiger partial charge in [0.2, 0.25) is 10.0 Å². The van der Waals surface area contributed by atoms with Crippen LogP contribution in [0.15, 0.2) is 28.7 Å². The van der Waals surface area contributed by atoms with E-state index in [0.29, 0.717) is 13.0 Å². The van der Waals surface area contributed by atoms with Crippen LogP contribution < -0.4 is 15.2 Å². The summed E-state index contributed by atoms with van der Waals surface area (Å²) in [6, 6.07) is 2.10. The minimum Gasteiger partial charge on any atom is -0.492 e. The Morgan fingerprint density at radius 3 is 2.76 bits per heavy atom. The van der Waals surface area contributed by atoms with E-state index < -0.39 is 15.8 Å². The van der Waals surface area contributed by atoms with Gasteiger partial charge in [0, 0.05) is 6.54 Å². The minimum atomic E-state index is -3.77. The molecule has 116 valence electrons. The summed E-state index contributed by atoms with van der Waals surface area (Å²) in [6.07, 6.45) is 6.02. The van der Waals surface area contributed by atoms with Gasteiger partial charge in [-0.3, -0.25) is 0 Å². The van der Waals surface area contributed by atoms with Gasteiger partial charge in [-0.15, -0.1) is 0 Å². The molecule has 3 N–H and O–H groups in total. The Morgan fingerprint density at radius 2 is 2.19 bits per heavy atom. The zero-order chi connectivity index (χ0) is 15.5. The van der Waals surface area contributed by atoms with Crippen molar-refractivity contribution < 1.29 is 17.5 Å². The van der Waals surface area contributed by atoms with E-state index in [-0.39, 0.29) is 16.3 Å². The highest BCUT2D eigenvalue weighted by atomic mass is 32.2. The molecule has 1 aliphatic rings. The Kier molecular flexibility index (Phi) is 4.84. The number of methoxy groups -OCH3 is 1. The quantitative estimate of drug-likeness (QED) is 0.623. The van der Waals surface area contributed by atoms with Crippen molar-refractivity contribution >= 4 is 15.7 Å². The normalized spacial score (nSPS) is 15.0. The first-order valence-corrected chi connectivity index (χ1v) is 8.23. The van der Waals surface area contributed by atoms with Gasteiger partial charge in [0.15, 0.2) is 11.6 Å². The number of nitrogens with two attached hydrogens (primary N) is 1. The highest BCUT2D eigenvalue weighted by Gasteiger charge is 2.19. The molecular formula is C14H19FN2O3S. The minimum absolute atomic E-state index is 0.0450. The number of hydrogen-bond acceptors (Lipinski definition) is 4. The number of allylic oxidation sites excluding steroid dienone is 1. The zero-order valence-corrected chi connectivity index (χ0v) is 12.7. The molecule has 0 aromatic heterocycles. The third kappa shape index (κ3) is 3.74. The number of rotatable bonds is 6. The molecule has 0 saturated carbocycles. The molecule has 7 heteroatoms. The summed E-state index contributed by atoms with van der Waals surface area (Å²) >= 11 is 0. The van der Waals surface area contributed by atoms with Crippen molar-refractivity contribution in [1.29, 1.82) is 0 Å². The predicted molar refractivity (Wildman–Crippen MR) is 79.1 cm³/mol. The largest absolute Gasteiger partial charge is 0.492 e.